The summed E-state index contributed by atoms with van der Waals surface area (Å²) in [4.78, 5) is 25.7. The minimum Gasteiger partial charge on any atom is -0.351 e. The van der Waals surface area contributed by atoms with Crippen molar-refractivity contribution in [1.29, 1.82) is 0 Å². The van der Waals surface area contributed by atoms with E-state index in [-0.39, 0.29) is 30.5 Å². The van der Waals surface area contributed by atoms with Crippen molar-refractivity contribution < 1.29 is 18.4 Å². The fourth-order valence-corrected chi connectivity index (χ4v) is 2.40. The summed E-state index contributed by atoms with van der Waals surface area (Å²) in [7, 11) is 1.70. The number of hydrogen-bond acceptors (Lipinski definition) is 2. The van der Waals surface area contributed by atoms with Crippen LogP contribution in [0, 0.1) is 11.6 Å². The molecule has 2 aromatic rings. The average molecular weight is 346 g/mol. The summed E-state index contributed by atoms with van der Waals surface area (Å²) in [5.74, 6) is -2.50. The number of amides is 2. The Balaban J connectivity index is 1.86. The first-order valence-corrected chi connectivity index (χ1v) is 7.94. The number of benzene rings is 2. The van der Waals surface area contributed by atoms with Crippen LogP contribution >= 0.6 is 0 Å². The fraction of sp³-hybridized carbons (Fsp3) is 0.263. The Morgan fingerprint density at radius 2 is 1.80 bits per heavy atom. The van der Waals surface area contributed by atoms with Crippen LogP contribution in [0.1, 0.15) is 35.3 Å². The van der Waals surface area contributed by atoms with Crippen LogP contribution in [0.2, 0.25) is 0 Å². The molecule has 1 N–H and O–H groups in total. The first kappa shape index (κ1) is 18.6. The smallest absolute Gasteiger partial charge is 0.254 e. The highest BCUT2D eigenvalue weighted by Crippen LogP contribution is 2.18. The highest BCUT2D eigenvalue weighted by atomic mass is 19.1. The van der Waals surface area contributed by atoms with E-state index in [1.54, 1.807) is 11.9 Å². The molecule has 25 heavy (non-hydrogen) atoms. The van der Waals surface area contributed by atoms with E-state index >= 15 is 0 Å². The molecule has 0 radical (unpaired) electrons. The van der Waals surface area contributed by atoms with Crippen molar-refractivity contribution in [2.24, 2.45) is 0 Å². The van der Waals surface area contributed by atoms with E-state index in [1.165, 1.54) is 0 Å². The van der Waals surface area contributed by atoms with Crippen molar-refractivity contribution in [1.82, 2.24) is 10.2 Å². The van der Waals surface area contributed by atoms with E-state index in [0.29, 0.717) is 6.07 Å². The Labute approximate surface area is 145 Å². The zero-order valence-electron chi connectivity index (χ0n) is 14.1. The molecule has 0 aromatic heterocycles. The third-order valence-corrected chi connectivity index (χ3v) is 4.06. The van der Waals surface area contributed by atoms with E-state index < -0.39 is 17.5 Å². The number of carbonyl (C=O) groups excluding carboxylic acids is 2. The van der Waals surface area contributed by atoms with Crippen molar-refractivity contribution in [2.45, 2.75) is 19.4 Å². The van der Waals surface area contributed by atoms with Gasteiger partial charge in [-0.25, -0.2) is 8.78 Å². The number of halogens is 2. The van der Waals surface area contributed by atoms with Crippen LogP contribution in [-0.4, -0.2) is 30.3 Å². The summed E-state index contributed by atoms with van der Waals surface area (Å²) >= 11 is 0. The molecule has 4 nitrogen and oxygen atoms in total. The second kappa shape index (κ2) is 8.37. The minimum absolute atomic E-state index is 0.0698. The van der Waals surface area contributed by atoms with E-state index in [4.69, 9.17) is 0 Å². The molecule has 0 bridgehead atoms. The zero-order valence-corrected chi connectivity index (χ0v) is 14.1. The number of nitrogens with one attached hydrogen (secondary N) is 1. The van der Waals surface area contributed by atoms with Crippen molar-refractivity contribution in [3.63, 3.8) is 0 Å². The molecular formula is C19H20F2N2O2. The van der Waals surface area contributed by atoms with Gasteiger partial charge in [-0.05, 0) is 24.6 Å². The summed E-state index contributed by atoms with van der Waals surface area (Å²) in [5.41, 5.74) is 0.760. The van der Waals surface area contributed by atoms with Crippen LogP contribution < -0.4 is 5.32 Å². The summed E-state index contributed by atoms with van der Waals surface area (Å²) in [6, 6.07) is 12.2. The number of rotatable bonds is 6. The molecule has 1 unspecified atom stereocenters. The fourth-order valence-electron chi connectivity index (χ4n) is 2.40. The first-order valence-electron chi connectivity index (χ1n) is 7.94. The second-order valence-electron chi connectivity index (χ2n) is 5.72. The first-order chi connectivity index (χ1) is 11.9. The maximum Gasteiger partial charge on any atom is 0.254 e. The number of hydrogen-bond donors (Lipinski definition) is 1. The molecule has 0 fully saturated rings. The van der Waals surface area contributed by atoms with Gasteiger partial charge in [0, 0.05) is 26.1 Å². The third kappa shape index (κ3) is 4.86. The maximum absolute atomic E-state index is 13.5. The molecule has 0 spiro atoms. The van der Waals surface area contributed by atoms with Crippen LogP contribution in [-0.2, 0) is 4.79 Å². The summed E-state index contributed by atoms with van der Waals surface area (Å²) in [6.45, 7) is 1.99. The van der Waals surface area contributed by atoms with Gasteiger partial charge in [0.05, 0.1) is 11.6 Å². The standard InChI is InChI=1S/C19H20F2N2O2/c1-13(14-6-4-3-5-7-14)23(2)18(24)10-11-22-19(25)16-9-8-15(20)12-17(16)21/h3-9,12-13H,10-11H2,1-2H3,(H,22,25). The van der Waals surface area contributed by atoms with Crippen LogP contribution in [0.25, 0.3) is 0 Å². The third-order valence-electron chi connectivity index (χ3n) is 4.06. The zero-order chi connectivity index (χ0) is 18.4. The molecule has 6 heteroatoms. The minimum atomic E-state index is -0.932. The second-order valence-corrected chi connectivity index (χ2v) is 5.72. The lowest BCUT2D eigenvalue weighted by molar-refractivity contribution is -0.131. The van der Waals surface area contributed by atoms with Crippen molar-refractivity contribution in [3.05, 3.63) is 71.3 Å². The van der Waals surface area contributed by atoms with Gasteiger partial charge >= 0.3 is 0 Å². The van der Waals surface area contributed by atoms with Crippen LogP contribution in [0.3, 0.4) is 0 Å². The molecule has 2 aromatic carbocycles. The van der Waals surface area contributed by atoms with E-state index in [2.05, 4.69) is 5.32 Å². The normalized spacial score (nSPS) is 11.7. The topological polar surface area (TPSA) is 49.4 Å². The Kier molecular flexibility index (Phi) is 6.22. The Bertz CT molecular complexity index is 750. The number of carbonyl (C=O) groups is 2. The molecule has 0 aliphatic rings. The lowest BCUT2D eigenvalue weighted by Gasteiger charge is -2.25. The molecule has 2 rings (SSSR count). The lowest BCUT2D eigenvalue weighted by atomic mass is 10.1. The lowest BCUT2D eigenvalue weighted by Crippen LogP contribution is -2.33. The number of nitrogens with zero attached hydrogens (tertiary/aromatic N) is 1. The largest absolute Gasteiger partial charge is 0.351 e. The van der Waals surface area contributed by atoms with Crippen LogP contribution in [0.15, 0.2) is 48.5 Å². The molecule has 132 valence electrons. The van der Waals surface area contributed by atoms with Crippen LogP contribution in [0.4, 0.5) is 8.78 Å². The van der Waals surface area contributed by atoms with E-state index in [9.17, 15) is 18.4 Å². The molecule has 0 aliphatic heterocycles. The maximum atomic E-state index is 13.5. The highest BCUT2D eigenvalue weighted by Gasteiger charge is 2.18. The van der Waals surface area contributed by atoms with Gasteiger partial charge in [0.2, 0.25) is 5.91 Å². The Hall–Kier alpha value is -2.76. The SMILES string of the molecule is CC(c1ccccc1)N(C)C(=O)CCNC(=O)c1ccc(F)cc1F. The van der Waals surface area contributed by atoms with Gasteiger partial charge in [0.1, 0.15) is 11.6 Å². The molecular weight excluding hydrogens is 326 g/mol. The Morgan fingerprint density at radius 3 is 2.44 bits per heavy atom. The van der Waals surface area contributed by atoms with Crippen molar-refractivity contribution in [2.75, 3.05) is 13.6 Å². The van der Waals surface area contributed by atoms with Gasteiger partial charge in [-0.1, -0.05) is 30.3 Å². The summed E-state index contributed by atoms with van der Waals surface area (Å²) < 4.78 is 26.4. The summed E-state index contributed by atoms with van der Waals surface area (Å²) in [6.07, 6.45) is 0.0855. The van der Waals surface area contributed by atoms with Gasteiger partial charge in [-0.2, -0.15) is 0 Å². The van der Waals surface area contributed by atoms with E-state index in [1.807, 2.05) is 37.3 Å². The average Bonchev–Trinajstić information content (AvgIpc) is 2.60. The van der Waals surface area contributed by atoms with E-state index in [0.717, 1.165) is 17.7 Å². The highest BCUT2D eigenvalue weighted by molar-refractivity contribution is 5.94. The van der Waals surface area contributed by atoms with Gasteiger partial charge in [-0.3, -0.25) is 9.59 Å². The van der Waals surface area contributed by atoms with Gasteiger partial charge < -0.3 is 10.2 Å². The monoisotopic (exact) mass is 346 g/mol. The Morgan fingerprint density at radius 1 is 1.12 bits per heavy atom. The summed E-state index contributed by atoms with van der Waals surface area (Å²) in [5, 5.41) is 2.47. The predicted molar refractivity (Wildman–Crippen MR) is 90.9 cm³/mol. The molecule has 0 heterocycles. The molecule has 1 atom stereocenters. The van der Waals surface area contributed by atoms with Gasteiger partial charge in [0.25, 0.3) is 5.91 Å². The molecule has 2 amide bonds. The quantitative estimate of drug-likeness (QED) is 0.872. The predicted octanol–water partition coefficient (Wildman–Crippen LogP) is 3.30. The molecule has 0 saturated heterocycles. The molecule has 0 saturated carbocycles. The van der Waals surface area contributed by atoms with Crippen LogP contribution in [0.5, 0.6) is 0 Å². The van der Waals surface area contributed by atoms with Gasteiger partial charge in [0.15, 0.2) is 0 Å². The van der Waals surface area contributed by atoms with Crippen molar-refractivity contribution in [3.8, 4) is 0 Å². The van der Waals surface area contributed by atoms with Crippen molar-refractivity contribution >= 4 is 11.8 Å². The molecule has 0 aliphatic carbocycles. The van der Waals surface area contributed by atoms with Gasteiger partial charge in [-0.15, -0.1) is 0 Å².